The molecule has 0 spiro atoms. The third-order valence-corrected chi connectivity index (χ3v) is 5.62. The van der Waals surface area contributed by atoms with Crippen molar-refractivity contribution in [3.05, 3.63) is 58.7 Å². The van der Waals surface area contributed by atoms with E-state index < -0.39 is 0 Å². The number of carbonyl (C=O) groups is 1. The number of methoxy groups -OCH3 is 1. The molecule has 1 amide bonds. The summed E-state index contributed by atoms with van der Waals surface area (Å²) in [5, 5.41) is 11.7. The van der Waals surface area contributed by atoms with Gasteiger partial charge in [0, 0.05) is 23.2 Å². The van der Waals surface area contributed by atoms with Gasteiger partial charge in [-0.2, -0.15) is 5.10 Å². The van der Waals surface area contributed by atoms with Crippen LogP contribution in [-0.2, 0) is 17.6 Å². The van der Waals surface area contributed by atoms with Gasteiger partial charge in [-0.3, -0.25) is 4.79 Å². The van der Waals surface area contributed by atoms with Gasteiger partial charge in [0.25, 0.3) is 0 Å². The normalized spacial score (nSPS) is 15.8. The van der Waals surface area contributed by atoms with Gasteiger partial charge in [0.2, 0.25) is 5.91 Å². The molecule has 1 atom stereocenters. The van der Waals surface area contributed by atoms with Gasteiger partial charge in [0.15, 0.2) is 0 Å². The summed E-state index contributed by atoms with van der Waals surface area (Å²) in [6.07, 6.45) is 5.84. The van der Waals surface area contributed by atoms with Crippen LogP contribution in [-0.4, -0.2) is 28.0 Å². The molecule has 7 nitrogen and oxygen atoms in total. The predicted octanol–water partition coefficient (Wildman–Crippen LogP) is 3.61. The lowest BCUT2D eigenvalue weighted by Crippen LogP contribution is -2.31. The predicted molar refractivity (Wildman–Crippen MR) is 108 cm³/mol. The van der Waals surface area contributed by atoms with Crippen molar-refractivity contribution >= 4 is 5.91 Å². The Morgan fingerprint density at radius 2 is 2.10 bits per heavy atom. The van der Waals surface area contributed by atoms with Gasteiger partial charge in [0.1, 0.15) is 11.5 Å². The van der Waals surface area contributed by atoms with Gasteiger partial charge >= 0.3 is 0 Å². The van der Waals surface area contributed by atoms with E-state index in [-0.39, 0.29) is 11.9 Å². The molecule has 1 aliphatic rings. The van der Waals surface area contributed by atoms with Gasteiger partial charge in [0.05, 0.1) is 30.7 Å². The van der Waals surface area contributed by atoms with Crippen LogP contribution in [0.3, 0.4) is 0 Å². The number of fused-ring (bicyclic) bond motifs is 1. The van der Waals surface area contributed by atoms with Crippen LogP contribution in [0.25, 0.3) is 5.69 Å². The van der Waals surface area contributed by atoms with Gasteiger partial charge in [-0.25, -0.2) is 4.68 Å². The molecule has 0 saturated heterocycles. The maximum Gasteiger partial charge on any atom is 0.220 e. The van der Waals surface area contributed by atoms with Crippen LogP contribution in [0.2, 0.25) is 0 Å². The molecule has 3 aromatic rings. The number of hydrogen-bond donors (Lipinski definition) is 1. The van der Waals surface area contributed by atoms with Crippen molar-refractivity contribution < 1.29 is 14.1 Å². The van der Waals surface area contributed by atoms with Crippen LogP contribution in [0.5, 0.6) is 5.75 Å². The number of aryl methyl sites for hydroxylation is 2. The highest BCUT2D eigenvalue weighted by Crippen LogP contribution is 2.31. The van der Waals surface area contributed by atoms with Crippen LogP contribution in [0.1, 0.15) is 53.6 Å². The smallest absolute Gasteiger partial charge is 0.220 e. The van der Waals surface area contributed by atoms with Gasteiger partial charge in [-0.1, -0.05) is 5.16 Å². The minimum atomic E-state index is 0.00270. The summed E-state index contributed by atoms with van der Waals surface area (Å²) in [6, 6.07) is 7.86. The van der Waals surface area contributed by atoms with Crippen LogP contribution < -0.4 is 10.1 Å². The quantitative estimate of drug-likeness (QED) is 0.691. The standard InChI is InChI=1S/C22H26N4O3/c1-14-18(15(2)29-25-14)11-12-22(27)24-20-5-4-6-21-19(20)13-23-26(21)16-7-9-17(28-3)10-8-16/h7-10,13,20H,4-6,11-12H2,1-3H3,(H,24,27). The minimum Gasteiger partial charge on any atom is -0.497 e. The fourth-order valence-electron chi connectivity index (χ4n) is 4.02. The lowest BCUT2D eigenvalue weighted by atomic mass is 9.92. The summed E-state index contributed by atoms with van der Waals surface area (Å²) in [5.74, 6) is 1.65. The fraction of sp³-hybridized carbons (Fsp3) is 0.409. The SMILES string of the molecule is COc1ccc(-n2ncc3c2CCCC3NC(=O)CCc2c(C)noc2C)cc1. The van der Waals surface area contributed by atoms with Crippen molar-refractivity contribution in [3.8, 4) is 11.4 Å². The maximum absolute atomic E-state index is 12.6. The first-order chi connectivity index (χ1) is 14.1. The second-order valence-electron chi connectivity index (χ2n) is 7.47. The first-order valence-electron chi connectivity index (χ1n) is 9.99. The Morgan fingerprint density at radius 1 is 1.31 bits per heavy atom. The molecule has 2 heterocycles. The molecule has 0 aliphatic heterocycles. The van der Waals surface area contributed by atoms with Crippen molar-refractivity contribution in [3.63, 3.8) is 0 Å². The van der Waals surface area contributed by atoms with Gasteiger partial charge in [-0.15, -0.1) is 0 Å². The highest BCUT2D eigenvalue weighted by Gasteiger charge is 2.26. The summed E-state index contributed by atoms with van der Waals surface area (Å²) in [7, 11) is 1.66. The monoisotopic (exact) mass is 394 g/mol. The second kappa shape index (κ2) is 8.11. The number of nitrogens with zero attached hydrogens (tertiary/aromatic N) is 3. The average Bonchev–Trinajstić information content (AvgIpc) is 3.30. The van der Waals surface area contributed by atoms with E-state index in [1.54, 1.807) is 7.11 Å². The number of aromatic nitrogens is 3. The van der Waals surface area contributed by atoms with E-state index in [4.69, 9.17) is 9.26 Å². The molecule has 1 N–H and O–H groups in total. The Bertz CT molecular complexity index is 984. The van der Waals surface area contributed by atoms with Crippen LogP contribution in [0, 0.1) is 13.8 Å². The molecule has 0 saturated carbocycles. The van der Waals surface area contributed by atoms with E-state index >= 15 is 0 Å². The van der Waals surface area contributed by atoms with Gasteiger partial charge in [-0.05, 0) is 63.8 Å². The number of rotatable bonds is 6. The summed E-state index contributed by atoms with van der Waals surface area (Å²) in [6.45, 7) is 3.79. The molecule has 29 heavy (non-hydrogen) atoms. The van der Waals surface area contributed by atoms with E-state index in [9.17, 15) is 4.79 Å². The number of benzene rings is 1. The number of nitrogens with one attached hydrogen (secondary N) is 1. The Kier molecular flexibility index (Phi) is 5.38. The molecule has 1 aromatic carbocycles. The first-order valence-corrected chi connectivity index (χ1v) is 9.99. The highest BCUT2D eigenvalue weighted by atomic mass is 16.5. The van der Waals surface area contributed by atoms with Crippen LogP contribution in [0.4, 0.5) is 0 Å². The average molecular weight is 394 g/mol. The van der Waals surface area contributed by atoms with E-state index in [2.05, 4.69) is 15.6 Å². The van der Waals surface area contributed by atoms with Gasteiger partial charge < -0.3 is 14.6 Å². The third-order valence-electron chi connectivity index (χ3n) is 5.62. The number of ether oxygens (including phenoxy) is 1. The van der Waals surface area contributed by atoms with Crippen LogP contribution >= 0.6 is 0 Å². The van der Waals surface area contributed by atoms with Crippen molar-refractivity contribution in [2.45, 2.75) is 52.0 Å². The third kappa shape index (κ3) is 3.90. The molecule has 0 fully saturated rings. The highest BCUT2D eigenvalue weighted by molar-refractivity contribution is 5.76. The molecular formula is C22H26N4O3. The zero-order valence-electron chi connectivity index (χ0n) is 17.1. The summed E-state index contributed by atoms with van der Waals surface area (Å²) in [5.41, 5.74) is 5.15. The number of hydrogen-bond acceptors (Lipinski definition) is 5. The van der Waals surface area contributed by atoms with Crippen LogP contribution in [0.15, 0.2) is 35.0 Å². The van der Waals surface area contributed by atoms with E-state index in [1.807, 2.05) is 49.0 Å². The summed E-state index contributed by atoms with van der Waals surface area (Å²) in [4.78, 5) is 12.6. The second-order valence-corrected chi connectivity index (χ2v) is 7.47. The largest absolute Gasteiger partial charge is 0.497 e. The Morgan fingerprint density at radius 3 is 2.79 bits per heavy atom. The summed E-state index contributed by atoms with van der Waals surface area (Å²) >= 11 is 0. The zero-order chi connectivity index (χ0) is 20.4. The lowest BCUT2D eigenvalue weighted by Gasteiger charge is -2.24. The Labute approximate surface area is 170 Å². The Balaban J connectivity index is 1.46. The van der Waals surface area contributed by atoms with E-state index in [0.29, 0.717) is 12.8 Å². The lowest BCUT2D eigenvalue weighted by molar-refractivity contribution is -0.121. The maximum atomic E-state index is 12.6. The molecule has 152 valence electrons. The van der Waals surface area contributed by atoms with Crippen molar-refractivity contribution in [1.82, 2.24) is 20.3 Å². The Hall–Kier alpha value is -3.09. The molecule has 4 rings (SSSR count). The first kappa shape index (κ1) is 19.2. The number of amides is 1. The molecule has 1 aliphatic carbocycles. The molecule has 2 aromatic heterocycles. The van der Waals surface area contributed by atoms with Crippen molar-refractivity contribution in [1.29, 1.82) is 0 Å². The molecule has 1 unspecified atom stereocenters. The fourth-order valence-corrected chi connectivity index (χ4v) is 4.02. The molecular weight excluding hydrogens is 368 g/mol. The van der Waals surface area contributed by atoms with Crippen molar-refractivity contribution in [2.75, 3.05) is 7.11 Å². The number of carbonyl (C=O) groups excluding carboxylic acids is 1. The summed E-state index contributed by atoms with van der Waals surface area (Å²) < 4.78 is 12.4. The zero-order valence-corrected chi connectivity index (χ0v) is 17.1. The molecule has 7 heteroatoms. The van der Waals surface area contributed by atoms with E-state index in [1.165, 1.54) is 0 Å². The van der Waals surface area contributed by atoms with E-state index in [0.717, 1.165) is 59.0 Å². The topological polar surface area (TPSA) is 82.2 Å². The molecule has 0 radical (unpaired) electrons. The van der Waals surface area contributed by atoms with Crippen molar-refractivity contribution in [2.24, 2.45) is 0 Å². The molecule has 0 bridgehead atoms. The minimum absolute atomic E-state index is 0.00270.